The predicted molar refractivity (Wildman–Crippen MR) is 81.0 cm³/mol. The molecule has 2 N–H and O–H groups in total. The molecule has 1 amide bonds. The van der Waals surface area contributed by atoms with Crippen LogP contribution in [0.5, 0.6) is 5.75 Å². The minimum atomic E-state index is -0.0821. The predicted octanol–water partition coefficient (Wildman–Crippen LogP) is 0.613. The van der Waals surface area contributed by atoms with E-state index in [1.165, 1.54) is 16.4 Å². The summed E-state index contributed by atoms with van der Waals surface area (Å²) in [6.07, 6.45) is 0.776. The third kappa shape index (κ3) is 4.71. The summed E-state index contributed by atoms with van der Waals surface area (Å²) in [6, 6.07) is 6.49. The highest BCUT2D eigenvalue weighted by Gasteiger charge is 2.11. The van der Waals surface area contributed by atoms with Crippen molar-refractivity contribution in [3.8, 4) is 11.4 Å². The fraction of sp³-hybridized carbons (Fsp3) is 0.385. The zero-order valence-electron chi connectivity index (χ0n) is 12.1. The highest BCUT2D eigenvalue weighted by molar-refractivity contribution is 7.99. The van der Waals surface area contributed by atoms with Gasteiger partial charge in [0, 0.05) is 20.3 Å². The van der Waals surface area contributed by atoms with E-state index < -0.39 is 0 Å². The molecule has 9 heteroatoms. The van der Waals surface area contributed by atoms with Crippen LogP contribution in [-0.4, -0.2) is 57.2 Å². The Morgan fingerprint density at radius 3 is 2.91 bits per heavy atom. The highest BCUT2D eigenvalue weighted by Crippen LogP contribution is 2.19. The first-order valence-corrected chi connectivity index (χ1v) is 7.65. The maximum absolute atomic E-state index is 11.7. The van der Waals surface area contributed by atoms with Gasteiger partial charge in [0.05, 0.1) is 11.4 Å². The molecule has 0 aliphatic heterocycles. The molecule has 0 atom stereocenters. The van der Waals surface area contributed by atoms with Gasteiger partial charge < -0.3 is 15.2 Å². The minimum Gasteiger partial charge on any atom is -0.508 e. The lowest BCUT2D eigenvalue weighted by Gasteiger charge is -2.05. The summed E-state index contributed by atoms with van der Waals surface area (Å²) in [4.78, 5) is 11.7. The Kier molecular flexibility index (Phi) is 6.16. The number of thioether (sulfide) groups is 1. The van der Waals surface area contributed by atoms with Crippen LogP contribution < -0.4 is 5.32 Å². The SMILES string of the molecule is COCCCNC(=O)CSc1nnnn1-c1ccc(O)cc1. The number of hydrogen-bond acceptors (Lipinski definition) is 7. The van der Waals surface area contributed by atoms with E-state index in [9.17, 15) is 9.90 Å². The van der Waals surface area contributed by atoms with Crippen LogP contribution in [0, 0.1) is 0 Å². The Bertz CT molecular complexity index is 602. The summed E-state index contributed by atoms with van der Waals surface area (Å²) in [6.45, 7) is 1.20. The van der Waals surface area contributed by atoms with Crippen LogP contribution in [0.4, 0.5) is 0 Å². The fourth-order valence-corrected chi connectivity index (χ4v) is 2.37. The van der Waals surface area contributed by atoms with Crippen molar-refractivity contribution in [2.45, 2.75) is 11.6 Å². The van der Waals surface area contributed by atoms with Gasteiger partial charge in [0.25, 0.3) is 0 Å². The molecule has 2 rings (SSSR count). The number of amides is 1. The largest absolute Gasteiger partial charge is 0.508 e. The van der Waals surface area contributed by atoms with Crippen molar-refractivity contribution in [1.82, 2.24) is 25.5 Å². The minimum absolute atomic E-state index is 0.0821. The number of nitrogens with zero attached hydrogens (tertiary/aromatic N) is 4. The summed E-state index contributed by atoms with van der Waals surface area (Å²) in [7, 11) is 1.63. The van der Waals surface area contributed by atoms with Gasteiger partial charge in [0.1, 0.15) is 5.75 Å². The standard InChI is InChI=1S/C13H17N5O3S/c1-21-8-2-7-14-12(20)9-22-13-15-16-17-18(13)10-3-5-11(19)6-4-10/h3-6,19H,2,7-9H2,1H3,(H,14,20). The number of ether oxygens (including phenoxy) is 1. The van der Waals surface area contributed by atoms with Crippen LogP contribution in [0.3, 0.4) is 0 Å². The van der Waals surface area contributed by atoms with Crippen LogP contribution in [0.2, 0.25) is 0 Å². The zero-order chi connectivity index (χ0) is 15.8. The van der Waals surface area contributed by atoms with Gasteiger partial charge >= 0.3 is 0 Å². The summed E-state index contributed by atoms with van der Waals surface area (Å²) >= 11 is 1.25. The molecule has 0 unspecified atom stereocenters. The first-order valence-electron chi connectivity index (χ1n) is 6.67. The van der Waals surface area contributed by atoms with Crippen molar-refractivity contribution in [3.63, 3.8) is 0 Å². The van der Waals surface area contributed by atoms with Crippen LogP contribution in [-0.2, 0) is 9.53 Å². The van der Waals surface area contributed by atoms with Crippen LogP contribution in [0.25, 0.3) is 5.69 Å². The summed E-state index contributed by atoms with van der Waals surface area (Å²) in [5.74, 6) is 0.314. The maximum Gasteiger partial charge on any atom is 0.230 e. The van der Waals surface area contributed by atoms with Crippen molar-refractivity contribution >= 4 is 17.7 Å². The van der Waals surface area contributed by atoms with Crippen LogP contribution in [0.1, 0.15) is 6.42 Å². The topological polar surface area (TPSA) is 102 Å². The molecule has 8 nitrogen and oxygen atoms in total. The van der Waals surface area contributed by atoms with E-state index in [1.54, 1.807) is 31.4 Å². The highest BCUT2D eigenvalue weighted by atomic mass is 32.2. The number of aromatic hydroxyl groups is 1. The molecule has 0 spiro atoms. The molecule has 2 aromatic rings. The molecule has 0 radical (unpaired) electrons. The monoisotopic (exact) mass is 323 g/mol. The molecule has 0 aliphatic carbocycles. The van der Waals surface area contributed by atoms with Crippen molar-refractivity contribution in [2.24, 2.45) is 0 Å². The lowest BCUT2D eigenvalue weighted by molar-refractivity contribution is -0.118. The molecule has 1 aromatic heterocycles. The van der Waals surface area contributed by atoms with E-state index in [4.69, 9.17) is 4.74 Å². The van der Waals surface area contributed by atoms with Gasteiger partial charge in [-0.05, 0) is 41.1 Å². The third-order valence-electron chi connectivity index (χ3n) is 2.71. The number of methoxy groups -OCH3 is 1. The third-order valence-corrected chi connectivity index (χ3v) is 3.63. The average Bonchev–Trinajstić information content (AvgIpc) is 2.99. The molecule has 22 heavy (non-hydrogen) atoms. The van der Waals surface area contributed by atoms with Gasteiger partial charge in [-0.2, -0.15) is 4.68 Å². The second-order valence-corrected chi connectivity index (χ2v) is 5.32. The van der Waals surface area contributed by atoms with E-state index in [0.717, 1.165) is 6.42 Å². The summed E-state index contributed by atoms with van der Waals surface area (Å²) in [5, 5.41) is 24.0. The number of hydrogen-bond donors (Lipinski definition) is 2. The molecular weight excluding hydrogens is 306 g/mol. The quantitative estimate of drug-likeness (QED) is 0.542. The summed E-state index contributed by atoms with van der Waals surface area (Å²) < 4.78 is 6.43. The Hall–Kier alpha value is -2.13. The normalized spacial score (nSPS) is 10.6. The molecule has 1 heterocycles. The van der Waals surface area contributed by atoms with Gasteiger partial charge in [-0.25, -0.2) is 0 Å². The zero-order valence-corrected chi connectivity index (χ0v) is 12.9. The maximum atomic E-state index is 11.7. The van der Waals surface area contributed by atoms with E-state index in [-0.39, 0.29) is 17.4 Å². The molecule has 1 aromatic carbocycles. The van der Waals surface area contributed by atoms with Gasteiger partial charge in [-0.15, -0.1) is 5.10 Å². The number of rotatable bonds is 8. The van der Waals surface area contributed by atoms with Gasteiger partial charge in [-0.1, -0.05) is 11.8 Å². The molecule has 0 bridgehead atoms. The van der Waals surface area contributed by atoms with Crippen molar-refractivity contribution < 1.29 is 14.6 Å². The van der Waals surface area contributed by atoms with Crippen LogP contribution >= 0.6 is 11.8 Å². The number of nitrogens with one attached hydrogen (secondary N) is 1. The molecule has 0 fully saturated rings. The fourth-order valence-electron chi connectivity index (χ4n) is 1.65. The Morgan fingerprint density at radius 2 is 2.18 bits per heavy atom. The number of aromatic nitrogens is 4. The first-order chi connectivity index (χ1) is 10.7. The molecule has 0 saturated carbocycles. The second-order valence-electron chi connectivity index (χ2n) is 4.37. The number of carbonyl (C=O) groups is 1. The summed E-state index contributed by atoms with van der Waals surface area (Å²) in [5.41, 5.74) is 0.714. The second kappa shape index (κ2) is 8.35. The first kappa shape index (κ1) is 16.2. The molecular formula is C13H17N5O3S. The number of phenols is 1. The van der Waals surface area contributed by atoms with Crippen molar-refractivity contribution in [1.29, 1.82) is 0 Å². The van der Waals surface area contributed by atoms with E-state index >= 15 is 0 Å². The van der Waals surface area contributed by atoms with E-state index in [2.05, 4.69) is 20.8 Å². The molecule has 118 valence electrons. The number of phenolic OH excluding ortho intramolecular Hbond substituents is 1. The van der Waals surface area contributed by atoms with Crippen molar-refractivity contribution in [3.05, 3.63) is 24.3 Å². The van der Waals surface area contributed by atoms with E-state index in [1.807, 2.05) is 0 Å². The van der Waals surface area contributed by atoms with Crippen molar-refractivity contribution in [2.75, 3.05) is 26.0 Å². The van der Waals surface area contributed by atoms with E-state index in [0.29, 0.717) is 24.0 Å². The molecule has 0 saturated heterocycles. The Morgan fingerprint density at radius 1 is 1.41 bits per heavy atom. The number of benzene rings is 1. The van der Waals surface area contributed by atoms with Gasteiger partial charge in [-0.3, -0.25) is 4.79 Å². The number of tetrazole rings is 1. The lowest BCUT2D eigenvalue weighted by Crippen LogP contribution is -2.26. The Labute approximate surface area is 131 Å². The van der Waals surface area contributed by atoms with Crippen LogP contribution in [0.15, 0.2) is 29.4 Å². The number of carbonyl (C=O) groups excluding carboxylic acids is 1. The average molecular weight is 323 g/mol. The van der Waals surface area contributed by atoms with Gasteiger partial charge in [0.2, 0.25) is 11.1 Å². The molecule has 0 aliphatic rings. The lowest BCUT2D eigenvalue weighted by atomic mass is 10.3. The Balaban J connectivity index is 1.88. The smallest absolute Gasteiger partial charge is 0.230 e. The van der Waals surface area contributed by atoms with Gasteiger partial charge in [0.15, 0.2) is 0 Å².